The van der Waals surface area contributed by atoms with Crippen molar-refractivity contribution >= 4 is 23.8 Å². The highest BCUT2D eigenvalue weighted by Crippen LogP contribution is 2.76. The maximum absolute atomic E-state index is 14.1. The molecular formula is C38H59NO7. The lowest BCUT2D eigenvalue weighted by Gasteiger charge is -2.71. The Bertz CT molecular complexity index is 1290. The fourth-order valence-corrected chi connectivity index (χ4v) is 11.8. The van der Waals surface area contributed by atoms with Crippen molar-refractivity contribution in [3.05, 3.63) is 11.6 Å². The molecule has 1 unspecified atom stereocenters. The third kappa shape index (κ3) is 5.41. The summed E-state index contributed by atoms with van der Waals surface area (Å²) in [4.78, 5) is 50.6. The van der Waals surface area contributed by atoms with E-state index in [4.69, 9.17) is 14.2 Å². The zero-order valence-corrected chi connectivity index (χ0v) is 29.9. The van der Waals surface area contributed by atoms with Crippen LogP contribution in [0.2, 0.25) is 0 Å². The predicted molar refractivity (Wildman–Crippen MR) is 175 cm³/mol. The van der Waals surface area contributed by atoms with Gasteiger partial charge in [0.05, 0.1) is 12.0 Å². The minimum absolute atomic E-state index is 0.0111. The van der Waals surface area contributed by atoms with Crippen LogP contribution in [0.1, 0.15) is 127 Å². The van der Waals surface area contributed by atoms with Gasteiger partial charge in [-0.2, -0.15) is 0 Å². The van der Waals surface area contributed by atoms with Crippen LogP contribution in [0.25, 0.3) is 0 Å². The highest BCUT2D eigenvalue weighted by atomic mass is 16.6. The molecule has 9 atom stereocenters. The first-order valence-corrected chi connectivity index (χ1v) is 17.8. The van der Waals surface area contributed by atoms with Crippen molar-refractivity contribution in [2.24, 2.45) is 50.2 Å². The Hall–Kier alpha value is -2.38. The molecule has 0 aromatic heterocycles. The molecule has 258 valence electrons. The van der Waals surface area contributed by atoms with Gasteiger partial charge in [0, 0.05) is 19.3 Å². The molecule has 4 saturated carbocycles. The Morgan fingerprint density at radius 1 is 0.848 bits per heavy atom. The first-order chi connectivity index (χ1) is 21.4. The van der Waals surface area contributed by atoms with Crippen molar-refractivity contribution < 1.29 is 33.4 Å². The summed E-state index contributed by atoms with van der Waals surface area (Å²) in [6, 6.07) is 0. The molecular weight excluding hydrogens is 582 g/mol. The molecule has 5 aliphatic carbocycles. The number of carbonyl (C=O) groups excluding carboxylic acids is 4. The van der Waals surface area contributed by atoms with E-state index in [0.717, 1.165) is 64.2 Å². The number of fused-ring (bicyclic) bond motifs is 7. The van der Waals surface area contributed by atoms with E-state index in [1.165, 1.54) is 19.4 Å². The summed E-state index contributed by atoms with van der Waals surface area (Å²) >= 11 is 0. The van der Waals surface area contributed by atoms with Gasteiger partial charge in [0.15, 0.2) is 0 Å². The second kappa shape index (κ2) is 11.9. The average Bonchev–Trinajstić information content (AvgIpc) is 2.96. The lowest BCUT2D eigenvalue weighted by Crippen LogP contribution is -2.66. The second-order valence-corrected chi connectivity index (χ2v) is 17.3. The van der Waals surface area contributed by atoms with Gasteiger partial charge in [-0.15, -0.1) is 0 Å². The van der Waals surface area contributed by atoms with Crippen molar-refractivity contribution in [1.82, 2.24) is 5.32 Å². The molecule has 0 bridgehead atoms. The van der Waals surface area contributed by atoms with Gasteiger partial charge in [0.25, 0.3) is 0 Å². The molecule has 0 aromatic carbocycles. The largest absolute Gasteiger partial charge is 0.465 e. The first-order valence-electron chi connectivity index (χ1n) is 17.8. The lowest BCUT2D eigenvalue weighted by atomic mass is 9.33. The van der Waals surface area contributed by atoms with Gasteiger partial charge in [0.2, 0.25) is 5.91 Å². The number of carbonyl (C=O) groups is 4. The summed E-state index contributed by atoms with van der Waals surface area (Å²) in [7, 11) is 0. The summed E-state index contributed by atoms with van der Waals surface area (Å²) in [5, 5.41) is 3.01. The van der Waals surface area contributed by atoms with E-state index in [-0.39, 0.29) is 76.6 Å². The number of hydrogen-bond acceptors (Lipinski definition) is 7. The van der Waals surface area contributed by atoms with Gasteiger partial charge < -0.3 is 19.5 Å². The fourth-order valence-electron chi connectivity index (χ4n) is 11.8. The number of allylic oxidation sites excluding steroid dienone is 2. The number of rotatable bonds is 7. The van der Waals surface area contributed by atoms with Crippen LogP contribution in [0.5, 0.6) is 0 Å². The van der Waals surface area contributed by atoms with Gasteiger partial charge in [-0.1, -0.05) is 53.2 Å². The highest BCUT2D eigenvalue weighted by Gasteiger charge is 2.70. The van der Waals surface area contributed by atoms with Crippen molar-refractivity contribution in [1.29, 1.82) is 0 Å². The highest BCUT2D eigenvalue weighted by molar-refractivity contribution is 5.87. The minimum atomic E-state index is -0.512. The summed E-state index contributed by atoms with van der Waals surface area (Å²) in [6.07, 6.45) is 11.5. The van der Waals surface area contributed by atoms with Crippen LogP contribution in [-0.4, -0.2) is 49.7 Å². The molecule has 0 aliphatic heterocycles. The number of hydrogen-bond donors (Lipinski definition) is 1. The minimum Gasteiger partial charge on any atom is -0.465 e. The van der Waals surface area contributed by atoms with E-state index in [1.54, 1.807) is 6.92 Å². The van der Waals surface area contributed by atoms with Crippen LogP contribution in [0.15, 0.2) is 11.6 Å². The molecule has 1 amide bonds. The molecule has 8 heteroatoms. The molecule has 1 N–H and O–H groups in total. The van der Waals surface area contributed by atoms with Crippen LogP contribution < -0.4 is 5.32 Å². The standard InChI is InChI=1S/C38H59NO7/c1-10-44-31(42)22-39-32(43)38-19-17-33(4,5)21-27(38)26-11-12-29-34(6)15-14-30(46-25(3)41)35(7,23-45-24(2)40)28(34)13-16-37(29,9)36(26,8)18-20-38/h11,27-30H,10,12-23H2,1-9H3,(H,39,43)/t27-,28?,29-,30+,34+,35-,36-,37-,38+/m1/s1. The molecule has 0 spiro atoms. The SMILES string of the molecule is CCOC(=O)CNC(=O)[C@]12CCC(C)(C)C[C@@H]1C1=CC[C@@H]3[C@@]4(C)CC[C@H](OC(C)=O)[C@](C)(COC(C)=O)C4CC[C@@]3(C)[C@]1(C)CC2. The van der Waals surface area contributed by atoms with E-state index in [1.807, 2.05) is 0 Å². The Kier molecular flexibility index (Phi) is 9.07. The van der Waals surface area contributed by atoms with E-state index in [9.17, 15) is 19.2 Å². The Labute approximate surface area is 276 Å². The normalized spacial score (nSPS) is 42.5. The van der Waals surface area contributed by atoms with Crippen molar-refractivity contribution in [2.45, 2.75) is 133 Å². The molecule has 5 rings (SSSR count). The molecule has 4 fully saturated rings. The van der Waals surface area contributed by atoms with Gasteiger partial charge in [-0.05, 0) is 111 Å². The molecule has 0 radical (unpaired) electrons. The zero-order valence-electron chi connectivity index (χ0n) is 29.9. The Morgan fingerprint density at radius 3 is 2.20 bits per heavy atom. The molecule has 8 nitrogen and oxygen atoms in total. The summed E-state index contributed by atoms with van der Waals surface area (Å²) < 4.78 is 16.8. The van der Waals surface area contributed by atoms with E-state index in [0.29, 0.717) is 12.5 Å². The van der Waals surface area contributed by atoms with Gasteiger partial charge >= 0.3 is 17.9 Å². The maximum atomic E-state index is 14.1. The van der Waals surface area contributed by atoms with Crippen molar-refractivity contribution in [2.75, 3.05) is 19.8 Å². The third-order valence-electron chi connectivity index (χ3n) is 14.4. The molecule has 46 heavy (non-hydrogen) atoms. The molecule has 5 aliphatic rings. The fraction of sp³-hybridized carbons (Fsp3) is 0.842. The van der Waals surface area contributed by atoms with Crippen molar-refractivity contribution in [3.63, 3.8) is 0 Å². The number of ether oxygens (including phenoxy) is 3. The Morgan fingerprint density at radius 2 is 1.54 bits per heavy atom. The van der Waals surface area contributed by atoms with E-state index >= 15 is 0 Å². The first kappa shape index (κ1) is 34.9. The van der Waals surface area contributed by atoms with Gasteiger partial charge in [-0.25, -0.2) is 0 Å². The van der Waals surface area contributed by atoms with Crippen LogP contribution in [-0.2, 0) is 33.4 Å². The quantitative estimate of drug-likeness (QED) is 0.182. The summed E-state index contributed by atoms with van der Waals surface area (Å²) in [5.41, 5.74) is 0.547. The van der Waals surface area contributed by atoms with Crippen LogP contribution >= 0.6 is 0 Å². The smallest absolute Gasteiger partial charge is 0.325 e. The monoisotopic (exact) mass is 641 g/mol. The number of nitrogens with one attached hydrogen (secondary N) is 1. The maximum Gasteiger partial charge on any atom is 0.325 e. The third-order valence-corrected chi connectivity index (χ3v) is 14.4. The van der Waals surface area contributed by atoms with E-state index in [2.05, 4.69) is 52.9 Å². The van der Waals surface area contributed by atoms with Crippen LogP contribution in [0.3, 0.4) is 0 Å². The Balaban J connectivity index is 1.51. The number of amides is 1. The van der Waals surface area contributed by atoms with Gasteiger partial charge in [0.1, 0.15) is 19.3 Å². The van der Waals surface area contributed by atoms with Gasteiger partial charge in [-0.3, -0.25) is 19.2 Å². The molecule has 0 aromatic rings. The van der Waals surface area contributed by atoms with E-state index < -0.39 is 10.8 Å². The summed E-state index contributed by atoms with van der Waals surface area (Å²) in [5.74, 6) is -0.189. The number of esters is 3. The second-order valence-electron chi connectivity index (χ2n) is 17.3. The van der Waals surface area contributed by atoms with Crippen LogP contribution in [0, 0.1) is 50.2 Å². The summed E-state index contributed by atoms with van der Waals surface area (Å²) in [6.45, 7) is 19.5. The molecule has 0 saturated heterocycles. The van der Waals surface area contributed by atoms with Crippen molar-refractivity contribution in [3.8, 4) is 0 Å². The zero-order chi connectivity index (χ0) is 33.9. The van der Waals surface area contributed by atoms with Crippen LogP contribution in [0.4, 0.5) is 0 Å². The lowest BCUT2D eigenvalue weighted by molar-refractivity contribution is -0.226. The average molecular weight is 642 g/mol. The molecule has 0 heterocycles. The predicted octanol–water partition coefficient (Wildman–Crippen LogP) is 6.94. The topological polar surface area (TPSA) is 108 Å².